The summed E-state index contributed by atoms with van der Waals surface area (Å²) in [5.74, 6) is -1.48. The number of aromatic carboxylic acids is 1. The quantitative estimate of drug-likeness (QED) is 0.823. The minimum atomic E-state index is -1.48. The lowest BCUT2D eigenvalue weighted by atomic mass is 10.3. The van der Waals surface area contributed by atoms with Gasteiger partial charge in [-0.3, -0.25) is 14.3 Å². The van der Waals surface area contributed by atoms with Crippen molar-refractivity contribution in [1.82, 2.24) is 9.55 Å². The van der Waals surface area contributed by atoms with Crippen molar-refractivity contribution >= 4 is 40.8 Å². The topological polar surface area (TPSA) is 92.2 Å². The molecule has 0 aliphatic heterocycles. The summed E-state index contributed by atoms with van der Waals surface area (Å²) >= 11 is 17.5. The molecule has 0 amide bonds. The van der Waals surface area contributed by atoms with Gasteiger partial charge in [0.2, 0.25) is 0 Å². The second-order valence-electron chi connectivity index (χ2n) is 3.69. The lowest BCUT2D eigenvalue weighted by Gasteiger charge is -2.09. The van der Waals surface area contributed by atoms with Crippen LogP contribution in [0.2, 0.25) is 15.1 Å². The first-order chi connectivity index (χ1) is 9.31. The molecule has 0 aliphatic rings. The van der Waals surface area contributed by atoms with Gasteiger partial charge < -0.3 is 5.11 Å². The normalized spacial score (nSPS) is 10.6. The van der Waals surface area contributed by atoms with Crippen molar-refractivity contribution in [2.24, 2.45) is 0 Å². The average Bonchev–Trinajstić information content (AvgIpc) is 2.34. The van der Waals surface area contributed by atoms with Crippen LogP contribution in [0.1, 0.15) is 10.4 Å². The van der Waals surface area contributed by atoms with E-state index in [9.17, 15) is 14.4 Å². The molecule has 2 N–H and O–H groups in total. The highest BCUT2D eigenvalue weighted by atomic mass is 35.5. The number of hydrogen-bond acceptors (Lipinski definition) is 3. The van der Waals surface area contributed by atoms with Crippen LogP contribution in [0.4, 0.5) is 0 Å². The number of nitrogens with one attached hydrogen (secondary N) is 1. The molecule has 6 nitrogen and oxygen atoms in total. The van der Waals surface area contributed by atoms with Gasteiger partial charge in [0.1, 0.15) is 5.56 Å². The highest BCUT2D eigenvalue weighted by Gasteiger charge is 2.15. The summed E-state index contributed by atoms with van der Waals surface area (Å²) in [6.45, 7) is 0. The van der Waals surface area contributed by atoms with Crippen LogP contribution in [0.3, 0.4) is 0 Å². The van der Waals surface area contributed by atoms with E-state index in [1.54, 1.807) is 0 Å². The number of aromatic nitrogens is 2. The van der Waals surface area contributed by atoms with Crippen molar-refractivity contribution in [2.45, 2.75) is 0 Å². The van der Waals surface area contributed by atoms with Crippen LogP contribution in [-0.2, 0) is 0 Å². The molecule has 1 aromatic heterocycles. The molecular weight excluding hydrogens is 330 g/mol. The monoisotopic (exact) mass is 334 g/mol. The van der Waals surface area contributed by atoms with Crippen LogP contribution in [0, 0.1) is 0 Å². The molecule has 0 saturated carbocycles. The Bertz CT molecular complexity index is 825. The number of carbonyl (C=O) groups is 1. The maximum absolute atomic E-state index is 11.7. The highest BCUT2D eigenvalue weighted by molar-refractivity contribution is 6.43. The summed E-state index contributed by atoms with van der Waals surface area (Å²) in [5.41, 5.74) is -2.35. The van der Waals surface area contributed by atoms with E-state index < -0.39 is 22.8 Å². The number of carboxylic acid groups (broad SMARTS) is 1. The molecule has 0 fully saturated rings. The van der Waals surface area contributed by atoms with E-state index in [2.05, 4.69) is 0 Å². The van der Waals surface area contributed by atoms with E-state index in [1.807, 2.05) is 4.98 Å². The van der Waals surface area contributed by atoms with Crippen molar-refractivity contribution in [3.63, 3.8) is 0 Å². The van der Waals surface area contributed by atoms with Crippen LogP contribution >= 0.6 is 34.8 Å². The zero-order valence-electron chi connectivity index (χ0n) is 9.49. The van der Waals surface area contributed by atoms with E-state index in [0.29, 0.717) is 0 Å². The van der Waals surface area contributed by atoms with Gasteiger partial charge in [0, 0.05) is 6.20 Å². The van der Waals surface area contributed by atoms with Crippen molar-refractivity contribution in [2.75, 3.05) is 0 Å². The molecule has 0 saturated heterocycles. The summed E-state index contributed by atoms with van der Waals surface area (Å²) in [7, 11) is 0. The first-order valence-electron chi connectivity index (χ1n) is 5.05. The molecule has 0 spiro atoms. The van der Waals surface area contributed by atoms with Crippen molar-refractivity contribution in [1.29, 1.82) is 0 Å². The first kappa shape index (κ1) is 14.6. The summed E-state index contributed by atoms with van der Waals surface area (Å²) < 4.78 is 0.870. The Morgan fingerprint density at radius 2 is 1.70 bits per heavy atom. The lowest BCUT2D eigenvalue weighted by molar-refractivity contribution is 0.0694. The maximum atomic E-state index is 11.7. The molecule has 1 heterocycles. The Morgan fingerprint density at radius 3 is 2.30 bits per heavy atom. The van der Waals surface area contributed by atoms with E-state index in [-0.39, 0.29) is 20.8 Å². The SMILES string of the molecule is O=C(O)c1cn(-c2cc(Cl)c(Cl)cc2Cl)c(=O)[nH]c1=O. The van der Waals surface area contributed by atoms with Gasteiger partial charge in [-0.15, -0.1) is 0 Å². The van der Waals surface area contributed by atoms with Gasteiger partial charge >= 0.3 is 11.7 Å². The zero-order chi connectivity index (χ0) is 15.0. The van der Waals surface area contributed by atoms with Gasteiger partial charge in [0.25, 0.3) is 5.56 Å². The van der Waals surface area contributed by atoms with Crippen LogP contribution < -0.4 is 11.2 Å². The predicted octanol–water partition coefficient (Wildman–Crippen LogP) is 2.18. The molecular formula is C11H5Cl3N2O4. The molecule has 104 valence electrons. The Labute approximate surface area is 126 Å². The summed E-state index contributed by atoms with van der Waals surface area (Å²) in [4.78, 5) is 35.9. The third-order valence-corrected chi connectivity index (χ3v) is 3.45. The van der Waals surface area contributed by atoms with Gasteiger partial charge in [-0.05, 0) is 12.1 Å². The summed E-state index contributed by atoms with van der Waals surface area (Å²) in [6, 6.07) is 2.59. The number of rotatable bonds is 2. The molecule has 0 aliphatic carbocycles. The minimum Gasteiger partial charge on any atom is -0.477 e. The standard InChI is InChI=1S/C11H5Cl3N2O4/c12-5-1-7(14)8(2-6(5)13)16-3-4(10(18)19)9(17)15-11(16)20/h1-3H,(H,18,19)(H,15,17,20). The minimum absolute atomic E-state index is 0.0740. The fourth-order valence-corrected chi connectivity index (χ4v) is 2.13. The van der Waals surface area contributed by atoms with E-state index >= 15 is 0 Å². The van der Waals surface area contributed by atoms with Crippen LogP contribution in [0.25, 0.3) is 5.69 Å². The Balaban J connectivity index is 2.80. The number of H-pyrrole nitrogens is 1. The van der Waals surface area contributed by atoms with Crippen molar-refractivity contribution in [3.05, 3.63) is 59.8 Å². The third-order valence-electron chi connectivity index (χ3n) is 2.42. The Morgan fingerprint density at radius 1 is 1.10 bits per heavy atom. The molecule has 0 radical (unpaired) electrons. The Kier molecular flexibility index (Phi) is 3.89. The molecule has 2 rings (SSSR count). The number of hydrogen-bond donors (Lipinski definition) is 2. The smallest absolute Gasteiger partial charge is 0.342 e. The lowest BCUT2D eigenvalue weighted by Crippen LogP contribution is -2.32. The average molecular weight is 336 g/mol. The second-order valence-corrected chi connectivity index (χ2v) is 4.92. The van der Waals surface area contributed by atoms with Gasteiger partial charge in [-0.2, -0.15) is 0 Å². The molecule has 9 heteroatoms. The third kappa shape index (κ3) is 2.58. The number of carboxylic acids is 1. The number of aromatic amines is 1. The molecule has 0 unspecified atom stereocenters. The molecule has 2 aromatic rings. The van der Waals surface area contributed by atoms with Crippen molar-refractivity contribution in [3.8, 4) is 5.69 Å². The second kappa shape index (κ2) is 5.32. The fraction of sp³-hybridized carbons (Fsp3) is 0. The van der Waals surface area contributed by atoms with Gasteiger partial charge in [-0.25, -0.2) is 9.59 Å². The summed E-state index contributed by atoms with van der Waals surface area (Å²) in [5, 5.41) is 9.26. The fourth-order valence-electron chi connectivity index (χ4n) is 1.50. The van der Waals surface area contributed by atoms with Crippen LogP contribution in [0.15, 0.2) is 27.9 Å². The molecule has 1 aromatic carbocycles. The molecule has 0 atom stereocenters. The Hall–Kier alpha value is -1.76. The first-order valence-corrected chi connectivity index (χ1v) is 6.19. The highest BCUT2D eigenvalue weighted by Crippen LogP contribution is 2.30. The largest absolute Gasteiger partial charge is 0.477 e. The van der Waals surface area contributed by atoms with Crippen molar-refractivity contribution < 1.29 is 9.90 Å². The maximum Gasteiger partial charge on any atom is 0.342 e. The van der Waals surface area contributed by atoms with Gasteiger partial charge in [-0.1, -0.05) is 34.8 Å². The number of benzene rings is 1. The van der Waals surface area contributed by atoms with E-state index in [0.717, 1.165) is 10.8 Å². The van der Waals surface area contributed by atoms with E-state index in [4.69, 9.17) is 39.9 Å². The van der Waals surface area contributed by atoms with E-state index in [1.165, 1.54) is 12.1 Å². The predicted molar refractivity (Wildman–Crippen MR) is 74.6 cm³/mol. The van der Waals surface area contributed by atoms with Crippen LogP contribution in [-0.4, -0.2) is 20.6 Å². The number of halogens is 3. The molecule has 20 heavy (non-hydrogen) atoms. The summed E-state index contributed by atoms with van der Waals surface area (Å²) in [6.07, 6.45) is 0.870. The zero-order valence-corrected chi connectivity index (χ0v) is 11.8. The molecule has 0 bridgehead atoms. The van der Waals surface area contributed by atoms with Gasteiger partial charge in [0.05, 0.1) is 20.8 Å². The van der Waals surface area contributed by atoms with Crippen LogP contribution in [0.5, 0.6) is 0 Å². The van der Waals surface area contributed by atoms with Gasteiger partial charge in [0.15, 0.2) is 0 Å². The number of nitrogens with zero attached hydrogens (tertiary/aromatic N) is 1.